The van der Waals surface area contributed by atoms with E-state index in [9.17, 15) is 8.42 Å². The summed E-state index contributed by atoms with van der Waals surface area (Å²) in [5.41, 5.74) is 2.47. The first-order valence-corrected chi connectivity index (χ1v) is 8.70. The van der Waals surface area contributed by atoms with Crippen LogP contribution in [-0.2, 0) is 16.6 Å². The van der Waals surface area contributed by atoms with Crippen LogP contribution in [0.25, 0.3) is 0 Å². The van der Waals surface area contributed by atoms with Crippen LogP contribution in [0.2, 0.25) is 0 Å². The number of ether oxygens (including phenoxy) is 1. The van der Waals surface area contributed by atoms with Gasteiger partial charge in [-0.3, -0.25) is 0 Å². The third kappa shape index (κ3) is 3.87. The van der Waals surface area contributed by atoms with Gasteiger partial charge in [-0.15, -0.1) is 0 Å². The third-order valence-corrected chi connectivity index (χ3v) is 4.90. The molecule has 0 unspecified atom stereocenters. The molecule has 0 atom stereocenters. The van der Waals surface area contributed by atoms with Gasteiger partial charge in [-0.2, -0.15) is 0 Å². The summed E-state index contributed by atoms with van der Waals surface area (Å²) in [7, 11) is -3.55. The Morgan fingerprint density at radius 1 is 1.09 bits per heavy atom. The van der Waals surface area contributed by atoms with Crippen molar-refractivity contribution in [3.63, 3.8) is 0 Å². The normalized spacial score (nSPS) is 11.4. The number of para-hydroxylation sites is 1. The van der Waals surface area contributed by atoms with Crippen molar-refractivity contribution in [1.29, 1.82) is 0 Å². The second-order valence-corrected chi connectivity index (χ2v) is 6.87. The van der Waals surface area contributed by atoms with E-state index in [0.29, 0.717) is 17.3 Å². The molecule has 5 heteroatoms. The molecule has 2 rings (SSSR count). The second-order valence-electron chi connectivity index (χ2n) is 5.13. The molecule has 0 radical (unpaired) electrons. The van der Waals surface area contributed by atoms with Crippen molar-refractivity contribution < 1.29 is 13.2 Å². The zero-order chi connectivity index (χ0) is 16.2. The number of aryl methyl sites for hydroxylation is 2. The van der Waals surface area contributed by atoms with E-state index in [4.69, 9.17) is 4.74 Å². The van der Waals surface area contributed by atoms with E-state index in [2.05, 4.69) is 4.72 Å². The Hall–Kier alpha value is -1.85. The van der Waals surface area contributed by atoms with Gasteiger partial charge in [0, 0.05) is 12.1 Å². The Kier molecular flexibility index (Phi) is 5.21. The highest BCUT2D eigenvalue weighted by Crippen LogP contribution is 2.20. The first-order chi connectivity index (χ1) is 10.4. The van der Waals surface area contributed by atoms with Gasteiger partial charge in [-0.1, -0.05) is 30.3 Å². The van der Waals surface area contributed by atoms with Gasteiger partial charge in [-0.05, 0) is 44.0 Å². The summed E-state index contributed by atoms with van der Waals surface area (Å²) in [5, 5.41) is 0. The molecular formula is C17H21NO3S. The summed E-state index contributed by atoms with van der Waals surface area (Å²) in [5.74, 6) is 0.702. The molecule has 2 aromatic rings. The number of rotatable bonds is 6. The van der Waals surface area contributed by atoms with Gasteiger partial charge in [0.1, 0.15) is 5.75 Å². The summed E-state index contributed by atoms with van der Waals surface area (Å²) in [6.45, 7) is 6.31. The number of hydrogen-bond acceptors (Lipinski definition) is 3. The standard InChI is InChI=1S/C17H21NO3S/c1-4-21-16-8-6-5-7-15(16)12-18-22(19,20)17-11-13(2)9-10-14(17)3/h5-11,18H,4,12H2,1-3H3. The summed E-state index contributed by atoms with van der Waals surface area (Å²) < 4.78 is 33.2. The van der Waals surface area contributed by atoms with Crippen molar-refractivity contribution in [3.05, 3.63) is 59.2 Å². The van der Waals surface area contributed by atoms with E-state index in [1.165, 1.54) is 0 Å². The quantitative estimate of drug-likeness (QED) is 0.889. The molecule has 0 amide bonds. The maximum atomic E-state index is 12.5. The van der Waals surface area contributed by atoms with Crippen LogP contribution in [0, 0.1) is 13.8 Å². The minimum atomic E-state index is -3.55. The van der Waals surface area contributed by atoms with Crippen molar-refractivity contribution in [2.24, 2.45) is 0 Å². The number of sulfonamides is 1. The van der Waals surface area contributed by atoms with Crippen LogP contribution in [-0.4, -0.2) is 15.0 Å². The molecular weight excluding hydrogens is 298 g/mol. The molecule has 0 aromatic heterocycles. The van der Waals surface area contributed by atoms with Crippen LogP contribution in [0.15, 0.2) is 47.4 Å². The summed E-state index contributed by atoms with van der Waals surface area (Å²) in [4.78, 5) is 0.321. The Morgan fingerprint density at radius 3 is 2.55 bits per heavy atom. The Balaban J connectivity index is 2.22. The molecule has 22 heavy (non-hydrogen) atoms. The maximum Gasteiger partial charge on any atom is 0.241 e. The fourth-order valence-corrected chi connectivity index (χ4v) is 3.53. The van der Waals surface area contributed by atoms with Crippen molar-refractivity contribution in [2.75, 3.05) is 6.61 Å². The van der Waals surface area contributed by atoms with Crippen LogP contribution < -0.4 is 9.46 Å². The van der Waals surface area contributed by atoms with Crippen LogP contribution in [0.4, 0.5) is 0 Å². The molecule has 0 aliphatic heterocycles. The highest BCUT2D eigenvalue weighted by atomic mass is 32.2. The van der Waals surface area contributed by atoms with Crippen LogP contribution in [0.3, 0.4) is 0 Å². The van der Waals surface area contributed by atoms with Gasteiger partial charge in [0.05, 0.1) is 11.5 Å². The molecule has 0 fully saturated rings. The van der Waals surface area contributed by atoms with Gasteiger partial charge in [0.15, 0.2) is 0 Å². The second kappa shape index (κ2) is 6.94. The predicted molar refractivity (Wildman–Crippen MR) is 87.6 cm³/mol. The topological polar surface area (TPSA) is 55.4 Å². The van der Waals surface area contributed by atoms with E-state index >= 15 is 0 Å². The maximum absolute atomic E-state index is 12.5. The minimum Gasteiger partial charge on any atom is -0.494 e. The van der Waals surface area contributed by atoms with Gasteiger partial charge >= 0.3 is 0 Å². The van der Waals surface area contributed by atoms with E-state index in [1.54, 1.807) is 13.0 Å². The van der Waals surface area contributed by atoms with Gasteiger partial charge in [-0.25, -0.2) is 13.1 Å². The zero-order valence-corrected chi connectivity index (χ0v) is 13.9. The Labute approximate surface area is 132 Å². The number of nitrogens with one attached hydrogen (secondary N) is 1. The third-order valence-electron chi connectivity index (χ3n) is 3.36. The molecule has 2 aromatic carbocycles. The largest absolute Gasteiger partial charge is 0.494 e. The smallest absolute Gasteiger partial charge is 0.241 e. The van der Waals surface area contributed by atoms with E-state index in [-0.39, 0.29) is 6.54 Å². The molecule has 1 N–H and O–H groups in total. The zero-order valence-electron chi connectivity index (χ0n) is 13.1. The molecule has 0 saturated carbocycles. The van der Waals surface area contributed by atoms with Gasteiger partial charge in [0.2, 0.25) is 10.0 Å². The van der Waals surface area contributed by atoms with Crippen molar-refractivity contribution >= 4 is 10.0 Å². The lowest BCUT2D eigenvalue weighted by Gasteiger charge is -2.13. The average molecular weight is 319 g/mol. The fraction of sp³-hybridized carbons (Fsp3) is 0.294. The lowest BCUT2D eigenvalue weighted by Crippen LogP contribution is -2.24. The molecule has 0 heterocycles. The number of hydrogen-bond donors (Lipinski definition) is 1. The average Bonchev–Trinajstić information content (AvgIpc) is 2.49. The van der Waals surface area contributed by atoms with Crippen LogP contribution in [0.5, 0.6) is 5.75 Å². The highest BCUT2D eigenvalue weighted by Gasteiger charge is 2.17. The molecule has 0 saturated heterocycles. The number of benzene rings is 2. The fourth-order valence-electron chi connectivity index (χ4n) is 2.19. The molecule has 0 aliphatic carbocycles. The van der Waals surface area contributed by atoms with Crippen LogP contribution >= 0.6 is 0 Å². The predicted octanol–water partition coefficient (Wildman–Crippen LogP) is 3.18. The summed E-state index contributed by atoms with van der Waals surface area (Å²) >= 11 is 0. The SMILES string of the molecule is CCOc1ccccc1CNS(=O)(=O)c1cc(C)ccc1C. The first-order valence-electron chi connectivity index (χ1n) is 7.21. The van der Waals surface area contributed by atoms with Gasteiger partial charge < -0.3 is 4.74 Å². The molecule has 0 spiro atoms. The van der Waals surface area contributed by atoms with Crippen LogP contribution in [0.1, 0.15) is 23.6 Å². The molecule has 4 nitrogen and oxygen atoms in total. The Bertz CT molecular complexity index is 754. The lowest BCUT2D eigenvalue weighted by molar-refractivity contribution is 0.336. The van der Waals surface area contributed by atoms with Crippen molar-refractivity contribution in [3.8, 4) is 5.75 Å². The monoisotopic (exact) mass is 319 g/mol. The van der Waals surface area contributed by atoms with E-state index < -0.39 is 10.0 Å². The summed E-state index contributed by atoms with van der Waals surface area (Å²) in [6.07, 6.45) is 0. The van der Waals surface area contributed by atoms with Crippen molar-refractivity contribution in [2.45, 2.75) is 32.2 Å². The first kappa shape index (κ1) is 16.5. The van der Waals surface area contributed by atoms with E-state index in [1.807, 2.05) is 50.2 Å². The Morgan fingerprint density at radius 2 is 1.82 bits per heavy atom. The minimum absolute atomic E-state index is 0.200. The highest BCUT2D eigenvalue weighted by molar-refractivity contribution is 7.89. The molecule has 0 bridgehead atoms. The lowest BCUT2D eigenvalue weighted by atomic mass is 10.2. The van der Waals surface area contributed by atoms with Crippen molar-refractivity contribution in [1.82, 2.24) is 4.72 Å². The molecule has 118 valence electrons. The molecule has 0 aliphatic rings. The van der Waals surface area contributed by atoms with Gasteiger partial charge in [0.25, 0.3) is 0 Å². The van der Waals surface area contributed by atoms with E-state index in [0.717, 1.165) is 16.7 Å². The summed E-state index contributed by atoms with van der Waals surface area (Å²) in [6, 6.07) is 12.8.